The number of nitrogens with one attached hydrogen (secondary N) is 1. The van der Waals surface area contributed by atoms with Crippen molar-refractivity contribution >= 4 is 21.0 Å². The number of H-pyrrole nitrogens is 1. The van der Waals surface area contributed by atoms with Gasteiger partial charge in [-0.1, -0.05) is 42.5 Å². The molecule has 0 spiro atoms. The third-order valence-electron chi connectivity index (χ3n) is 4.14. The highest BCUT2D eigenvalue weighted by atomic mass is 32.2. The Morgan fingerprint density at radius 2 is 1.92 bits per heavy atom. The van der Waals surface area contributed by atoms with Gasteiger partial charge in [-0.05, 0) is 23.6 Å². The Balaban J connectivity index is 2.06. The third kappa shape index (κ3) is 3.90. The molecule has 1 heterocycles. The zero-order valence-electron chi connectivity index (χ0n) is 13.8. The zero-order chi connectivity index (χ0) is 17.9. The number of hydrogen-bond acceptors (Lipinski definition) is 4. The third-order valence-corrected chi connectivity index (χ3v) is 4.73. The molecule has 0 aliphatic carbocycles. The van der Waals surface area contributed by atoms with Crippen LogP contribution in [-0.4, -0.2) is 26.3 Å². The maximum absolute atomic E-state index is 11.3. The van der Waals surface area contributed by atoms with Crippen LogP contribution in [0.15, 0.2) is 54.7 Å². The van der Waals surface area contributed by atoms with Gasteiger partial charge in [0.1, 0.15) is 6.07 Å². The predicted molar refractivity (Wildman–Crippen MR) is 96.7 cm³/mol. The molecule has 1 atom stereocenters. The average Bonchev–Trinajstić information content (AvgIpc) is 3.02. The lowest BCUT2D eigenvalue weighted by Crippen LogP contribution is -2.10. The summed E-state index contributed by atoms with van der Waals surface area (Å²) in [6.45, 7) is 0.0844. The van der Waals surface area contributed by atoms with E-state index in [1.165, 1.54) is 0 Å². The van der Waals surface area contributed by atoms with E-state index in [1.807, 2.05) is 48.5 Å². The quantitative estimate of drug-likeness (QED) is 0.686. The Kier molecular flexibility index (Phi) is 4.88. The van der Waals surface area contributed by atoms with E-state index < -0.39 is 10.1 Å². The standard InChI is InChI=1S/C19H18N2O3S/c1-25(22,23)24-11-10-16(14-6-3-2-4-7-14)17-8-5-9-18-19(17)15(12-20)13-21-18/h2-9,13,16,21H,10-11H2,1H3. The summed E-state index contributed by atoms with van der Waals surface area (Å²) in [5.41, 5.74) is 3.50. The van der Waals surface area contributed by atoms with Gasteiger partial charge in [0.2, 0.25) is 0 Å². The first kappa shape index (κ1) is 17.2. The first-order chi connectivity index (χ1) is 12.0. The normalized spacial score (nSPS) is 12.8. The molecule has 5 nitrogen and oxygen atoms in total. The molecule has 0 aliphatic rings. The number of nitrogens with zero attached hydrogens (tertiary/aromatic N) is 1. The minimum absolute atomic E-state index is 0.0745. The second-order valence-corrected chi connectivity index (χ2v) is 7.51. The number of benzene rings is 2. The van der Waals surface area contributed by atoms with Gasteiger partial charge in [0.15, 0.2) is 0 Å². The monoisotopic (exact) mass is 354 g/mol. The molecule has 0 bridgehead atoms. The van der Waals surface area contributed by atoms with Crippen LogP contribution in [0, 0.1) is 11.3 Å². The van der Waals surface area contributed by atoms with Crippen molar-refractivity contribution in [2.75, 3.05) is 12.9 Å². The smallest absolute Gasteiger partial charge is 0.264 e. The van der Waals surface area contributed by atoms with Gasteiger partial charge in [-0.25, -0.2) is 0 Å². The number of aromatic nitrogens is 1. The molecule has 1 aromatic heterocycles. The molecule has 128 valence electrons. The predicted octanol–water partition coefficient (Wildman–Crippen LogP) is 3.54. The summed E-state index contributed by atoms with van der Waals surface area (Å²) in [6.07, 6.45) is 3.24. The van der Waals surface area contributed by atoms with Gasteiger partial charge < -0.3 is 4.98 Å². The van der Waals surface area contributed by atoms with E-state index in [-0.39, 0.29) is 12.5 Å². The number of hydrogen-bond donors (Lipinski definition) is 1. The molecule has 1 N–H and O–H groups in total. The molecular weight excluding hydrogens is 336 g/mol. The molecule has 0 amide bonds. The summed E-state index contributed by atoms with van der Waals surface area (Å²) < 4.78 is 27.5. The molecular formula is C19H18N2O3S. The fourth-order valence-corrected chi connectivity index (χ4v) is 3.50. The molecule has 3 rings (SSSR count). The van der Waals surface area contributed by atoms with Crippen molar-refractivity contribution in [1.29, 1.82) is 5.26 Å². The fourth-order valence-electron chi connectivity index (χ4n) is 3.10. The van der Waals surface area contributed by atoms with Gasteiger partial charge in [0.05, 0.1) is 18.4 Å². The van der Waals surface area contributed by atoms with E-state index in [0.717, 1.165) is 28.3 Å². The molecule has 3 aromatic rings. The highest BCUT2D eigenvalue weighted by molar-refractivity contribution is 7.85. The Morgan fingerprint density at radius 3 is 2.60 bits per heavy atom. The summed E-state index contributed by atoms with van der Waals surface area (Å²) in [5, 5.41) is 10.3. The number of aromatic amines is 1. The first-order valence-electron chi connectivity index (χ1n) is 7.89. The number of fused-ring (bicyclic) bond motifs is 1. The van der Waals surface area contributed by atoms with Gasteiger partial charge in [-0.2, -0.15) is 13.7 Å². The molecule has 25 heavy (non-hydrogen) atoms. The van der Waals surface area contributed by atoms with Crippen LogP contribution in [0.1, 0.15) is 29.0 Å². The topological polar surface area (TPSA) is 83.0 Å². The first-order valence-corrected chi connectivity index (χ1v) is 9.70. The van der Waals surface area contributed by atoms with Crippen molar-refractivity contribution in [3.8, 4) is 6.07 Å². The van der Waals surface area contributed by atoms with Gasteiger partial charge in [0, 0.05) is 23.0 Å². The lowest BCUT2D eigenvalue weighted by molar-refractivity contribution is 0.309. The molecule has 2 aromatic carbocycles. The Hall–Kier alpha value is -2.62. The number of nitriles is 1. The van der Waals surface area contributed by atoms with Crippen molar-refractivity contribution in [2.45, 2.75) is 12.3 Å². The van der Waals surface area contributed by atoms with Crippen molar-refractivity contribution < 1.29 is 12.6 Å². The van der Waals surface area contributed by atoms with E-state index in [4.69, 9.17) is 4.18 Å². The Morgan fingerprint density at radius 1 is 1.16 bits per heavy atom. The largest absolute Gasteiger partial charge is 0.360 e. The zero-order valence-corrected chi connectivity index (χ0v) is 14.6. The Bertz CT molecular complexity index is 1020. The Labute approximate surface area is 147 Å². The van der Waals surface area contributed by atoms with Crippen LogP contribution in [0.4, 0.5) is 0 Å². The maximum atomic E-state index is 11.3. The molecule has 0 aliphatic heterocycles. The van der Waals surface area contributed by atoms with Crippen molar-refractivity contribution in [3.63, 3.8) is 0 Å². The van der Waals surface area contributed by atoms with Crippen LogP contribution in [0.2, 0.25) is 0 Å². The van der Waals surface area contributed by atoms with Crippen molar-refractivity contribution in [2.24, 2.45) is 0 Å². The van der Waals surface area contributed by atoms with Crippen LogP contribution in [0.3, 0.4) is 0 Å². The van der Waals surface area contributed by atoms with Crippen LogP contribution in [-0.2, 0) is 14.3 Å². The average molecular weight is 354 g/mol. The highest BCUT2D eigenvalue weighted by Gasteiger charge is 2.20. The van der Waals surface area contributed by atoms with Crippen molar-refractivity contribution in [3.05, 3.63) is 71.4 Å². The molecule has 0 saturated heterocycles. The van der Waals surface area contributed by atoms with Gasteiger partial charge in [-0.15, -0.1) is 0 Å². The van der Waals surface area contributed by atoms with Crippen LogP contribution >= 0.6 is 0 Å². The molecule has 0 radical (unpaired) electrons. The van der Waals surface area contributed by atoms with E-state index in [0.29, 0.717) is 12.0 Å². The van der Waals surface area contributed by atoms with Gasteiger partial charge in [-0.3, -0.25) is 4.18 Å². The summed E-state index contributed by atoms with van der Waals surface area (Å²) in [5.74, 6) is -0.0745. The summed E-state index contributed by atoms with van der Waals surface area (Å²) >= 11 is 0. The SMILES string of the molecule is CS(=O)(=O)OCCC(c1ccccc1)c1cccc2[nH]cc(C#N)c12. The van der Waals surface area contributed by atoms with Crippen molar-refractivity contribution in [1.82, 2.24) is 4.98 Å². The van der Waals surface area contributed by atoms with E-state index >= 15 is 0 Å². The summed E-state index contributed by atoms with van der Waals surface area (Å²) in [7, 11) is -3.49. The maximum Gasteiger partial charge on any atom is 0.264 e. The van der Waals surface area contributed by atoms with E-state index in [1.54, 1.807) is 6.20 Å². The number of rotatable bonds is 6. The summed E-state index contributed by atoms with van der Waals surface area (Å²) in [6, 6.07) is 17.9. The minimum Gasteiger partial charge on any atom is -0.360 e. The van der Waals surface area contributed by atoms with E-state index in [9.17, 15) is 13.7 Å². The van der Waals surface area contributed by atoms with Gasteiger partial charge >= 0.3 is 0 Å². The van der Waals surface area contributed by atoms with Crippen LogP contribution < -0.4 is 0 Å². The van der Waals surface area contributed by atoms with Crippen LogP contribution in [0.5, 0.6) is 0 Å². The highest BCUT2D eigenvalue weighted by Crippen LogP contribution is 2.34. The second kappa shape index (κ2) is 7.09. The molecule has 0 fully saturated rings. The molecule has 6 heteroatoms. The van der Waals surface area contributed by atoms with E-state index in [2.05, 4.69) is 11.1 Å². The minimum atomic E-state index is -3.49. The fraction of sp³-hybridized carbons (Fsp3) is 0.211. The van der Waals surface area contributed by atoms with Gasteiger partial charge in [0.25, 0.3) is 10.1 Å². The lowest BCUT2D eigenvalue weighted by Gasteiger charge is -2.19. The second-order valence-electron chi connectivity index (χ2n) is 5.86. The lowest BCUT2D eigenvalue weighted by atomic mass is 9.86. The molecule has 1 unspecified atom stereocenters. The molecule has 0 saturated carbocycles. The van der Waals surface area contributed by atoms with Crippen LogP contribution in [0.25, 0.3) is 10.9 Å². The summed E-state index contributed by atoms with van der Waals surface area (Å²) in [4.78, 5) is 3.12.